The van der Waals surface area contributed by atoms with E-state index in [1.165, 1.54) is 17.1 Å². The fraction of sp³-hybridized carbons (Fsp3) is 0.810. The normalized spacial score (nSPS) is 21.1. The SMILES string of the molecule is Cc1nn(C(C)(C)C)c(C)c1S(=O)(=O)N1CCN(C(C)C(=O)NC2CCCC2)CC1. The average molecular weight is 440 g/mol. The first kappa shape index (κ1) is 23.2. The van der Waals surface area contributed by atoms with E-state index in [9.17, 15) is 13.2 Å². The van der Waals surface area contributed by atoms with E-state index < -0.39 is 10.0 Å². The number of hydrogen-bond donors (Lipinski definition) is 1. The summed E-state index contributed by atoms with van der Waals surface area (Å²) in [5.41, 5.74) is 0.921. The highest BCUT2D eigenvalue weighted by molar-refractivity contribution is 7.89. The lowest BCUT2D eigenvalue weighted by Gasteiger charge is -2.37. The molecule has 1 aromatic heterocycles. The van der Waals surface area contributed by atoms with Crippen LogP contribution in [0.25, 0.3) is 0 Å². The maximum Gasteiger partial charge on any atom is 0.246 e. The van der Waals surface area contributed by atoms with Crippen LogP contribution in [0.2, 0.25) is 0 Å². The molecule has 1 saturated carbocycles. The minimum atomic E-state index is -3.63. The summed E-state index contributed by atoms with van der Waals surface area (Å²) in [6.45, 7) is 13.4. The van der Waals surface area contributed by atoms with Crippen molar-refractivity contribution in [3.05, 3.63) is 11.4 Å². The summed E-state index contributed by atoms with van der Waals surface area (Å²) in [6.07, 6.45) is 4.48. The molecule has 0 spiro atoms. The predicted octanol–water partition coefficient (Wildman–Crippen LogP) is 2.01. The first-order valence-corrected chi connectivity index (χ1v) is 12.5. The second-order valence-electron chi connectivity index (χ2n) is 9.69. The van der Waals surface area contributed by atoms with Crippen LogP contribution in [0.1, 0.15) is 64.8 Å². The largest absolute Gasteiger partial charge is 0.352 e. The number of carbonyl (C=O) groups is 1. The van der Waals surface area contributed by atoms with E-state index in [-0.39, 0.29) is 17.5 Å². The number of nitrogens with one attached hydrogen (secondary N) is 1. The van der Waals surface area contributed by atoms with Gasteiger partial charge in [-0.05, 0) is 54.4 Å². The van der Waals surface area contributed by atoms with Crippen LogP contribution in [-0.4, -0.2) is 71.6 Å². The molecule has 170 valence electrons. The van der Waals surface area contributed by atoms with E-state index in [2.05, 4.69) is 15.3 Å². The smallest absolute Gasteiger partial charge is 0.246 e. The molecule has 1 N–H and O–H groups in total. The lowest BCUT2D eigenvalue weighted by atomic mass is 10.1. The van der Waals surface area contributed by atoms with Crippen LogP contribution in [-0.2, 0) is 20.4 Å². The van der Waals surface area contributed by atoms with Gasteiger partial charge in [-0.1, -0.05) is 12.8 Å². The van der Waals surface area contributed by atoms with E-state index >= 15 is 0 Å². The molecule has 9 heteroatoms. The number of rotatable bonds is 5. The Morgan fingerprint density at radius 3 is 2.17 bits per heavy atom. The van der Waals surface area contributed by atoms with Crippen molar-refractivity contribution < 1.29 is 13.2 Å². The Morgan fingerprint density at radius 1 is 1.10 bits per heavy atom. The van der Waals surface area contributed by atoms with Gasteiger partial charge in [0.1, 0.15) is 4.90 Å². The second-order valence-corrected chi connectivity index (χ2v) is 11.6. The third-order valence-electron chi connectivity index (χ3n) is 6.36. The fourth-order valence-corrected chi connectivity index (χ4v) is 6.45. The van der Waals surface area contributed by atoms with Crippen LogP contribution in [0.4, 0.5) is 0 Å². The first-order chi connectivity index (χ1) is 13.9. The zero-order valence-electron chi connectivity index (χ0n) is 19.2. The zero-order valence-corrected chi connectivity index (χ0v) is 20.0. The molecule has 2 fully saturated rings. The Labute approximate surface area is 181 Å². The van der Waals surface area contributed by atoms with E-state index in [0.29, 0.717) is 48.5 Å². The van der Waals surface area contributed by atoms with Crippen molar-refractivity contribution in [3.63, 3.8) is 0 Å². The van der Waals surface area contributed by atoms with Crippen LogP contribution in [0, 0.1) is 13.8 Å². The van der Waals surface area contributed by atoms with Gasteiger partial charge in [0.2, 0.25) is 15.9 Å². The van der Waals surface area contributed by atoms with Crippen LogP contribution >= 0.6 is 0 Å². The van der Waals surface area contributed by atoms with Gasteiger partial charge in [-0.2, -0.15) is 9.40 Å². The highest BCUT2D eigenvalue weighted by Gasteiger charge is 2.36. The third-order valence-corrected chi connectivity index (χ3v) is 8.51. The quantitative estimate of drug-likeness (QED) is 0.758. The van der Waals surface area contributed by atoms with Crippen molar-refractivity contribution >= 4 is 15.9 Å². The summed E-state index contributed by atoms with van der Waals surface area (Å²) < 4.78 is 30.1. The molecule has 1 aromatic rings. The molecule has 8 nitrogen and oxygen atoms in total. The van der Waals surface area contributed by atoms with E-state index in [1.807, 2.05) is 34.6 Å². The molecule has 1 atom stereocenters. The van der Waals surface area contributed by atoms with Crippen LogP contribution in [0.5, 0.6) is 0 Å². The van der Waals surface area contributed by atoms with Gasteiger partial charge in [0.25, 0.3) is 0 Å². The summed E-state index contributed by atoms with van der Waals surface area (Å²) >= 11 is 0. The number of hydrogen-bond acceptors (Lipinski definition) is 5. The summed E-state index contributed by atoms with van der Waals surface area (Å²) in [6, 6.07) is 0.0505. The number of amides is 1. The van der Waals surface area contributed by atoms with Crippen molar-refractivity contribution in [1.29, 1.82) is 0 Å². The van der Waals surface area contributed by atoms with Gasteiger partial charge in [-0.15, -0.1) is 0 Å². The van der Waals surface area contributed by atoms with Crippen molar-refractivity contribution in [2.75, 3.05) is 26.2 Å². The molecule has 0 bridgehead atoms. The molecule has 0 aromatic carbocycles. The number of aromatic nitrogens is 2. The lowest BCUT2D eigenvalue weighted by molar-refractivity contribution is -0.127. The standard InChI is InChI=1S/C21H37N5O3S/c1-15-19(16(2)26(23-15)21(4,5)6)30(28,29)25-13-11-24(12-14-25)17(3)20(27)22-18-9-7-8-10-18/h17-18H,7-14H2,1-6H3,(H,22,27). The molecule has 1 aliphatic heterocycles. The number of carbonyl (C=O) groups excluding carboxylic acids is 1. The topological polar surface area (TPSA) is 87.5 Å². The fourth-order valence-electron chi connectivity index (χ4n) is 4.67. The molecule has 2 aliphatic rings. The summed E-state index contributed by atoms with van der Waals surface area (Å²) in [5.74, 6) is 0.0522. The van der Waals surface area contributed by atoms with Crippen LogP contribution in [0.3, 0.4) is 0 Å². The monoisotopic (exact) mass is 439 g/mol. The van der Waals surface area contributed by atoms with Gasteiger partial charge < -0.3 is 5.32 Å². The van der Waals surface area contributed by atoms with Crippen molar-refractivity contribution in [2.45, 2.75) is 89.7 Å². The minimum absolute atomic E-state index is 0.0522. The molecular formula is C21H37N5O3S. The molecule has 3 rings (SSSR count). The first-order valence-electron chi connectivity index (χ1n) is 11.0. The number of nitrogens with zero attached hydrogens (tertiary/aromatic N) is 4. The molecule has 2 heterocycles. The zero-order chi connectivity index (χ0) is 22.3. The van der Waals surface area contributed by atoms with Crippen molar-refractivity contribution in [2.24, 2.45) is 0 Å². The predicted molar refractivity (Wildman–Crippen MR) is 117 cm³/mol. The summed E-state index contributed by atoms with van der Waals surface area (Å²) in [5, 5.41) is 7.66. The molecule has 1 aliphatic carbocycles. The third kappa shape index (κ3) is 4.57. The highest BCUT2D eigenvalue weighted by atomic mass is 32.2. The van der Waals surface area contributed by atoms with Gasteiger partial charge >= 0.3 is 0 Å². The molecule has 1 saturated heterocycles. The summed E-state index contributed by atoms with van der Waals surface area (Å²) in [7, 11) is -3.63. The summed E-state index contributed by atoms with van der Waals surface area (Å²) in [4.78, 5) is 15.0. The lowest BCUT2D eigenvalue weighted by Crippen LogP contribution is -2.55. The van der Waals surface area contributed by atoms with Crippen molar-refractivity contribution in [3.8, 4) is 0 Å². The van der Waals surface area contributed by atoms with Gasteiger partial charge in [0.05, 0.1) is 23.0 Å². The maximum atomic E-state index is 13.4. The number of aryl methyl sites for hydroxylation is 1. The molecular weight excluding hydrogens is 402 g/mol. The Hall–Kier alpha value is -1.45. The minimum Gasteiger partial charge on any atom is -0.352 e. The molecule has 30 heavy (non-hydrogen) atoms. The van der Waals surface area contributed by atoms with Gasteiger partial charge in [0.15, 0.2) is 0 Å². The Morgan fingerprint density at radius 2 is 1.67 bits per heavy atom. The molecule has 1 unspecified atom stereocenters. The number of sulfonamides is 1. The highest BCUT2D eigenvalue weighted by Crippen LogP contribution is 2.28. The van der Waals surface area contributed by atoms with Gasteiger partial charge in [-0.3, -0.25) is 14.4 Å². The molecule has 1 amide bonds. The van der Waals surface area contributed by atoms with E-state index in [1.54, 1.807) is 11.6 Å². The van der Waals surface area contributed by atoms with Gasteiger partial charge in [0, 0.05) is 32.2 Å². The van der Waals surface area contributed by atoms with Crippen LogP contribution < -0.4 is 5.32 Å². The van der Waals surface area contributed by atoms with Crippen molar-refractivity contribution in [1.82, 2.24) is 24.3 Å². The Bertz CT molecular complexity index is 873. The maximum absolute atomic E-state index is 13.4. The Balaban J connectivity index is 1.67. The number of piperazine rings is 1. The second kappa shape index (κ2) is 8.59. The van der Waals surface area contributed by atoms with E-state index in [0.717, 1.165) is 12.8 Å². The molecule has 0 radical (unpaired) electrons. The van der Waals surface area contributed by atoms with Crippen LogP contribution in [0.15, 0.2) is 4.90 Å². The average Bonchev–Trinajstić information content (AvgIpc) is 3.28. The Kier molecular flexibility index (Phi) is 6.65. The van der Waals surface area contributed by atoms with Gasteiger partial charge in [-0.25, -0.2) is 8.42 Å². The van der Waals surface area contributed by atoms with E-state index in [4.69, 9.17) is 0 Å².